The molecule has 2 aromatic heterocycles. The minimum atomic E-state index is -0.0688. The predicted octanol–water partition coefficient (Wildman–Crippen LogP) is 6.41. The van der Waals surface area contributed by atoms with Crippen molar-refractivity contribution in [2.24, 2.45) is 0 Å². The van der Waals surface area contributed by atoms with Gasteiger partial charge in [0.05, 0.1) is 25.9 Å². The number of aromatic amines is 2. The van der Waals surface area contributed by atoms with E-state index in [0.29, 0.717) is 0 Å². The van der Waals surface area contributed by atoms with Gasteiger partial charge in [-0.05, 0) is 35.1 Å². The van der Waals surface area contributed by atoms with Crippen LogP contribution in [0.2, 0.25) is 0 Å². The molecule has 0 amide bonds. The molecule has 3 N–H and O–H groups in total. The van der Waals surface area contributed by atoms with E-state index >= 15 is 0 Å². The third-order valence-corrected chi connectivity index (χ3v) is 7.52. The second-order valence-electron chi connectivity index (χ2n) is 12.0. The minimum absolute atomic E-state index is 0.0654. The van der Waals surface area contributed by atoms with Crippen molar-refractivity contribution in [3.63, 3.8) is 0 Å². The lowest BCUT2D eigenvalue weighted by molar-refractivity contribution is 0.379. The molecule has 3 heterocycles. The molecule has 1 atom stereocenters. The van der Waals surface area contributed by atoms with Crippen LogP contribution in [0.5, 0.6) is 11.5 Å². The summed E-state index contributed by atoms with van der Waals surface area (Å²) in [6.45, 7) is 16.1. The van der Waals surface area contributed by atoms with Gasteiger partial charge in [0.25, 0.3) is 0 Å². The van der Waals surface area contributed by atoms with E-state index in [-0.39, 0.29) is 16.9 Å². The maximum absolute atomic E-state index is 6.22. The second kappa shape index (κ2) is 8.77. The number of piperazine rings is 1. The number of nitrogens with zero attached hydrogens (tertiary/aromatic N) is 1. The number of H-pyrrole nitrogens is 2. The van der Waals surface area contributed by atoms with Gasteiger partial charge in [-0.1, -0.05) is 41.5 Å². The first-order chi connectivity index (χ1) is 17.1. The summed E-state index contributed by atoms with van der Waals surface area (Å²) < 4.78 is 12.4. The summed E-state index contributed by atoms with van der Waals surface area (Å²) in [6.07, 6.45) is 4.06. The van der Waals surface area contributed by atoms with E-state index in [9.17, 15) is 0 Å². The molecular formula is C30H40N4O2. The van der Waals surface area contributed by atoms with Crippen LogP contribution in [0.3, 0.4) is 0 Å². The number of anilines is 1. The lowest BCUT2D eigenvalue weighted by atomic mass is 9.82. The Hall–Kier alpha value is -3.12. The first-order valence-corrected chi connectivity index (χ1v) is 12.9. The van der Waals surface area contributed by atoms with E-state index in [1.807, 2.05) is 12.4 Å². The van der Waals surface area contributed by atoms with Crippen LogP contribution in [-0.2, 0) is 10.8 Å². The Bertz CT molecular complexity index is 1290. The van der Waals surface area contributed by atoms with Gasteiger partial charge < -0.3 is 29.7 Å². The smallest absolute Gasteiger partial charge is 0.146 e. The highest BCUT2D eigenvalue weighted by atomic mass is 16.5. The number of ether oxygens (including phenoxy) is 2. The Morgan fingerprint density at radius 2 is 1.36 bits per heavy atom. The van der Waals surface area contributed by atoms with E-state index < -0.39 is 0 Å². The van der Waals surface area contributed by atoms with Crippen molar-refractivity contribution in [1.29, 1.82) is 0 Å². The van der Waals surface area contributed by atoms with Gasteiger partial charge in [0.1, 0.15) is 11.5 Å². The number of rotatable bonds is 4. The molecule has 1 fully saturated rings. The molecule has 0 bridgehead atoms. The molecule has 1 aliphatic rings. The highest BCUT2D eigenvalue weighted by Gasteiger charge is 2.36. The third-order valence-electron chi connectivity index (χ3n) is 7.52. The molecule has 36 heavy (non-hydrogen) atoms. The number of methoxy groups -OCH3 is 2. The second-order valence-corrected chi connectivity index (χ2v) is 12.0. The summed E-state index contributed by atoms with van der Waals surface area (Å²) in [5.74, 6) is 1.93. The van der Waals surface area contributed by atoms with Crippen LogP contribution in [0.1, 0.15) is 64.3 Å². The number of fused-ring (bicyclic) bond motifs is 2. The Labute approximate surface area is 214 Å². The van der Waals surface area contributed by atoms with Crippen LogP contribution in [0.25, 0.3) is 21.8 Å². The molecule has 0 saturated carbocycles. The van der Waals surface area contributed by atoms with Gasteiger partial charge in [0.15, 0.2) is 0 Å². The Morgan fingerprint density at radius 1 is 0.806 bits per heavy atom. The van der Waals surface area contributed by atoms with Crippen molar-refractivity contribution < 1.29 is 9.47 Å². The maximum Gasteiger partial charge on any atom is 0.146 e. The summed E-state index contributed by atoms with van der Waals surface area (Å²) in [5, 5.41) is 6.05. The molecule has 1 saturated heterocycles. The Balaban J connectivity index is 1.82. The van der Waals surface area contributed by atoms with E-state index in [4.69, 9.17) is 9.47 Å². The van der Waals surface area contributed by atoms with Crippen LogP contribution in [0.4, 0.5) is 5.69 Å². The highest BCUT2D eigenvalue weighted by molar-refractivity contribution is 5.98. The van der Waals surface area contributed by atoms with Gasteiger partial charge in [0.2, 0.25) is 0 Å². The molecule has 6 heteroatoms. The molecule has 0 spiro atoms. The standard InChI is InChI=1S/C30H40N4O2/c1-29(2,3)20-15-22-18(9-11-32-22)25(27(20)35-7)24-17-31-13-14-34(24)26-19-10-12-33-23(19)16-21(28(26)36-8)30(4,5)6/h9-12,15-16,24,31-33H,13-14,17H2,1-8H3. The predicted molar refractivity (Wildman–Crippen MR) is 150 cm³/mol. The van der Waals surface area contributed by atoms with Crippen LogP contribution in [0.15, 0.2) is 36.7 Å². The lowest BCUT2D eigenvalue weighted by Gasteiger charge is -2.41. The average molecular weight is 489 g/mol. The number of hydrogen-bond acceptors (Lipinski definition) is 4. The molecule has 0 aliphatic carbocycles. The van der Waals surface area contributed by atoms with Crippen LogP contribution in [0, 0.1) is 0 Å². The topological polar surface area (TPSA) is 65.3 Å². The maximum atomic E-state index is 6.22. The fraction of sp³-hybridized carbons (Fsp3) is 0.467. The molecule has 0 radical (unpaired) electrons. The highest BCUT2D eigenvalue weighted by Crippen LogP contribution is 2.49. The van der Waals surface area contributed by atoms with Gasteiger partial charge in [-0.15, -0.1) is 0 Å². The van der Waals surface area contributed by atoms with Crippen molar-refractivity contribution in [2.75, 3.05) is 38.8 Å². The summed E-state index contributed by atoms with van der Waals surface area (Å²) >= 11 is 0. The fourth-order valence-corrected chi connectivity index (χ4v) is 5.77. The zero-order chi connectivity index (χ0) is 25.8. The van der Waals surface area contributed by atoms with Crippen molar-refractivity contribution >= 4 is 27.5 Å². The van der Waals surface area contributed by atoms with Crippen LogP contribution >= 0.6 is 0 Å². The normalized spacial score (nSPS) is 17.2. The SMILES string of the molecule is COc1c(C(C)(C)C)cc2[nH]ccc2c1C1CNCCN1c1c(OC)c(C(C)(C)C)cc2[nH]ccc12. The molecule has 4 aromatic rings. The Morgan fingerprint density at radius 3 is 1.94 bits per heavy atom. The number of benzene rings is 2. The third kappa shape index (κ3) is 3.92. The minimum Gasteiger partial charge on any atom is -0.496 e. The summed E-state index contributed by atoms with van der Waals surface area (Å²) in [6, 6.07) is 8.93. The van der Waals surface area contributed by atoms with Gasteiger partial charge in [0, 0.05) is 70.5 Å². The first kappa shape index (κ1) is 24.6. The number of hydrogen-bond donors (Lipinski definition) is 3. The summed E-state index contributed by atoms with van der Waals surface area (Å²) in [4.78, 5) is 9.48. The van der Waals surface area contributed by atoms with Crippen molar-refractivity contribution in [3.8, 4) is 11.5 Å². The van der Waals surface area contributed by atoms with E-state index in [1.54, 1.807) is 14.2 Å². The van der Waals surface area contributed by atoms with E-state index in [2.05, 4.69) is 86.0 Å². The number of nitrogens with one attached hydrogen (secondary N) is 3. The molecule has 192 valence electrons. The number of aromatic nitrogens is 2. The van der Waals surface area contributed by atoms with Crippen molar-refractivity contribution in [1.82, 2.24) is 15.3 Å². The molecule has 5 rings (SSSR count). The molecule has 6 nitrogen and oxygen atoms in total. The summed E-state index contributed by atoms with van der Waals surface area (Å²) in [7, 11) is 3.60. The van der Waals surface area contributed by atoms with Gasteiger partial charge in [-0.2, -0.15) is 0 Å². The van der Waals surface area contributed by atoms with Crippen LogP contribution < -0.4 is 19.7 Å². The van der Waals surface area contributed by atoms with Gasteiger partial charge in [-0.25, -0.2) is 0 Å². The molecule has 2 aromatic carbocycles. The quantitative estimate of drug-likeness (QED) is 0.310. The first-order valence-electron chi connectivity index (χ1n) is 12.9. The molecular weight excluding hydrogens is 448 g/mol. The Kier molecular flexibility index (Phi) is 5.98. The monoisotopic (exact) mass is 488 g/mol. The van der Waals surface area contributed by atoms with Crippen LogP contribution in [-0.4, -0.2) is 43.8 Å². The van der Waals surface area contributed by atoms with E-state index in [0.717, 1.165) is 47.9 Å². The fourth-order valence-electron chi connectivity index (χ4n) is 5.77. The van der Waals surface area contributed by atoms with Gasteiger partial charge in [-0.3, -0.25) is 0 Å². The zero-order valence-electron chi connectivity index (χ0n) is 22.9. The van der Waals surface area contributed by atoms with Crippen molar-refractivity contribution in [2.45, 2.75) is 58.4 Å². The largest absolute Gasteiger partial charge is 0.496 e. The van der Waals surface area contributed by atoms with Gasteiger partial charge >= 0.3 is 0 Å². The molecule has 1 unspecified atom stereocenters. The van der Waals surface area contributed by atoms with E-state index in [1.165, 1.54) is 27.5 Å². The van der Waals surface area contributed by atoms with Crippen molar-refractivity contribution in [3.05, 3.63) is 53.3 Å². The summed E-state index contributed by atoms with van der Waals surface area (Å²) in [5.41, 5.74) is 6.93. The zero-order valence-corrected chi connectivity index (χ0v) is 22.9. The average Bonchev–Trinajstić information content (AvgIpc) is 3.49. The lowest BCUT2D eigenvalue weighted by Crippen LogP contribution is -2.46. The molecule has 1 aliphatic heterocycles.